The fourth-order valence-corrected chi connectivity index (χ4v) is 2.21. The molecule has 19 heavy (non-hydrogen) atoms. The zero-order valence-electron chi connectivity index (χ0n) is 11.9. The molecule has 0 heterocycles. The molecule has 1 amide bonds. The first kappa shape index (κ1) is 13.9. The van der Waals surface area contributed by atoms with E-state index < -0.39 is 0 Å². The Morgan fingerprint density at radius 3 is 2.79 bits per heavy atom. The molecule has 0 aliphatic heterocycles. The minimum atomic E-state index is 0.0506. The van der Waals surface area contributed by atoms with Crippen molar-refractivity contribution in [3.8, 4) is 0 Å². The van der Waals surface area contributed by atoms with Gasteiger partial charge >= 0.3 is 0 Å². The fraction of sp³-hybridized carbons (Fsp3) is 0.562. The van der Waals surface area contributed by atoms with Crippen LogP contribution in [0.15, 0.2) is 24.3 Å². The Morgan fingerprint density at radius 2 is 2.16 bits per heavy atom. The first-order valence-corrected chi connectivity index (χ1v) is 7.40. The van der Waals surface area contributed by atoms with Crippen LogP contribution in [0.3, 0.4) is 0 Å². The van der Waals surface area contributed by atoms with Crippen molar-refractivity contribution in [3.05, 3.63) is 29.8 Å². The molecule has 0 bridgehead atoms. The Labute approximate surface area is 115 Å². The van der Waals surface area contributed by atoms with Crippen molar-refractivity contribution in [1.29, 1.82) is 0 Å². The second kappa shape index (κ2) is 6.60. The number of rotatable bonds is 7. The normalized spacial score (nSPS) is 15.9. The molecule has 0 aromatic heterocycles. The SMILES string of the molecule is CCCC(CC)Nc1cccc(C(=O)NC2CC2)c1. The molecule has 1 aliphatic carbocycles. The van der Waals surface area contributed by atoms with Crippen LogP contribution in [0.1, 0.15) is 56.3 Å². The van der Waals surface area contributed by atoms with Crippen LogP contribution in [0.5, 0.6) is 0 Å². The molecule has 1 fully saturated rings. The molecule has 1 aromatic carbocycles. The van der Waals surface area contributed by atoms with E-state index in [2.05, 4.69) is 24.5 Å². The molecule has 3 heteroatoms. The highest BCUT2D eigenvalue weighted by atomic mass is 16.1. The lowest BCUT2D eigenvalue weighted by molar-refractivity contribution is 0.0951. The van der Waals surface area contributed by atoms with E-state index in [9.17, 15) is 4.79 Å². The van der Waals surface area contributed by atoms with Gasteiger partial charge in [-0.05, 0) is 43.9 Å². The van der Waals surface area contributed by atoms with Gasteiger partial charge in [-0.1, -0.05) is 26.3 Å². The Bertz CT molecular complexity index is 427. The predicted octanol–water partition coefficient (Wildman–Crippen LogP) is 3.57. The zero-order valence-corrected chi connectivity index (χ0v) is 11.9. The molecule has 0 radical (unpaired) electrons. The van der Waals surface area contributed by atoms with Gasteiger partial charge in [-0.3, -0.25) is 4.79 Å². The van der Waals surface area contributed by atoms with Gasteiger partial charge in [0.15, 0.2) is 0 Å². The molecular weight excluding hydrogens is 236 g/mol. The average Bonchev–Trinajstić information content (AvgIpc) is 3.22. The van der Waals surface area contributed by atoms with Gasteiger partial charge in [-0.15, -0.1) is 0 Å². The van der Waals surface area contributed by atoms with Crippen molar-refractivity contribution in [2.45, 2.75) is 58.0 Å². The lowest BCUT2D eigenvalue weighted by Gasteiger charge is -2.18. The van der Waals surface area contributed by atoms with Crippen molar-refractivity contribution in [2.75, 3.05) is 5.32 Å². The summed E-state index contributed by atoms with van der Waals surface area (Å²) in [5, 5.41) is 6.54. The third-order valence-electron chi connectivity index (χ3n) is 3.54. The number of nitrogens with one attached hydrogen (secondary N) is 2. The van der Waals surface area contributed by atoms with E-state index in [1.54, 1.807) is 0 Å². The van der Waals surface area contributed by atoms with Crippen LogP contribution in [0, 0.1) is 0 Å². The molecule has 1 aromatic rings. The summed E-state index contributed by atoms with van der Waals surface area (Å²) in [7, 11) is 0. The number of hydrogen-bond donors (Lipinski definition) is 2. The summed E-state index contributed by atoms with van der Waals surface area (Å²) in [5.74, 6) is 0.0506. The van der Waals surface area contributed by atoms with Gasteiger partial charge < -0.3 is 10.6 Å². The lowest BCUT2D eigenvalue weighted by atomic mass is 10.1. The van der Waals surface area contributed by atoms with E-state index in [0.717, 1.165) is 36.9 Å². The molecule has 1 aliphatic rings. The van der Waals surface area contributed by atoms with Gasteiger partial charge in [-0.2, -0.15) is 0 Å². The zero-order chi connectivity index (χ0) is 13.7. The van der Waals surface area contributed by atoms with Crippen LogP contribution in [-0.2, 0) is 0 Å². The second-order valence-corrected chi connectivity index (χ2v) is 5.37. The fourth-order valence-electron chi connectivity index (χ4n) is 2.21. The number of hydrogen-bond acceptors (Lipinski definition) is 2. The summed E-state index contributed by atoms with van der Waals surface area (Å²) < 4.78 is 0. The first-order chi connectivity index (χ1) is 9.22. The average molecular weight is 260 g/mol. The first-order valence-electron chi connectivity index (χ1n) is 7.40. The van der Waals surface area contributed by atoms with E-state index >= 15 is 0 Å². The number of carbonyl (C=O) groups excluding carboxylic acids is 1. The topological polar surface area (TPSA) is 41.1 Å². The molecule has 1 saturated carbocycles. The van der Waals surface area contributed by atoms with Crippen LogP contribution < -0.4 is 10.6 Å². The molecule has 2 rings (SSSR count). The molecule has 3 nitrogen and oxygen atoms in total. The van der Waals surface area contributed by atoms with E-state index in [0.29, 0.717) is 12.1 Å². The highest BCUT2D eigenvalue weighted by molar-refractivity contribution is 5.95. The standard InChI is InChI=1S/C16H24N2O/c1-3-6-13(4-2)17-15-8-5-7-12(11-15)16(19)18-14-9-10-14/h5,7-8,11,13-14,17H,3-4,6,9-10H2,1-2H3,(H,18,19). The summed E-state index contributed by atoms with van der Waals surface area (Å²) in [6, 6.07) is 8.72. The van der Waals surface area contributed by atoms with E-state index in [4.69, 9.17) is 0 Å². The Hall–Kier alpha value is -1.51. The van der Waals surface area contributed by atoms with E-state index in [-0.39, 0.29) is 5.91 Å². The molecule has 104 valence electrons. The summed E-state index contributed by atoms with van der Waals surface area (Å²) in [6.07, 6.45) is 5.69. The Balaban J connectivity index is 1.98. The Kier molecular flexibility index (Phi) is 4.83. The van der Waals surface area contributed by atoms with Gasteiger partial charge in [0.2, 0.25) is 0 Å². The van der Waals surface area contributed by atoms with Gasteiger partial charge in [0.1, 0.15) is 0 Å². The molecule has 1 unspecified atom stereocenters. The molecule has 2 N–H and O–H groups in total. The van der Waals surface area contributed by atoms with Crippen LogP contribution in [-0.4, -0.2) is 18.0 Å². The number of amides is 1. The molecular formula is C16H24N2O. The molecule has 0 saturated heterocycles. The monoisotopic (exact) mass is 260 g/mol. The van der Waals surface area contributed by atoms with Crippen LogP contribution in [0.2, 0.25) is 0 Å². The predicted molar refractivity (Wildman–Crippen MR) is 79.5 cm³/mol. The lowest BCUT2D eigenvalue weighted by Crippen LogP contribution is -2.25. The quantitative estimate of drug-likeness (QED) is 0.787. The van der Waals surface area contributed by atoms with E-state index in [1.165, 1.54) is 6.42 Å². The minimum absolute atomic E-state index is 0.0506. The van der Waals surface area contributed by atoms with Crippen LogP contribution in [0.4, 0.5) is 5.69 Å². The minimum Gasteiger partial charge on any atom is -0.382 e. The number of anilines is 1. The van der Waals surface area contributed by atoms with Crippen molar-refractivity contribution < 1.29 is 4.79 Å². The van der Waals surface area contributed by atoms with Gasteiger partial charge in [0, 0.05) is 23.3 Å². The molecule has 0 spiro atoms. The van der Waals surface area contributed by atoms with Crippen molar-refractivity contribution in [2.24, 2.45) is 0 Å². The third kappa shape index (κ3) is 4.27. The third-order valence-corrected chi connectivity index (χ3v) is 3.54. The van der Waals surface area contributed by atoms with Crippen molar-refractivity contribution >= 4 is 11.6 Å². The summed E-state index contributed by atoms with van der Waals surface area (Å²) in [6.45, 7) is 4.39. The van der Waals surface area contributed by atoms with Gasteiger partial charge in [0.05, 0.1) is 0 Å². The highest BCUT2D eigenvalue weighted by Gasteiger charge is 2.23. The van der Waals surface area contributed by atoms with Crippen LogP contribution >= 0.6 is 0 Å². The van der Waals surface area contributed by atoms with Gasteiger partial charge in [0.25, 0.3) is 5.91 Å². The highest BCUT2D eigenvalue weighted by Crippen LogP contribution is 2.20. The largest absolute Gasteiger partial charge is 0.382 e. The number of carbonyl (C=O) groups is 1. The van der Waals surface area contributed by atoms with Crippen LogP contribution in [0.25, 0.3) is 0 Å². The van der Waals surface area contributed by atoms with Crippen molar-refractivity contribution in [3.63, 3.8) is 0 Å². The number of benzene rings is 1. The summed E-state index contributed by atoms with van der Waals surface area (Å²) in [4.78, 5) is 12.0. The maximum atomic E-state index is 12.0. The summed E-state index contributed by atoms with van der Waals surface area (Å²) >= 11 is 0. The van der Waals surface area contributed by atoms with Gasteiger partial charge in [-0.25, -0.2) is 0 Å². The maximum Gasteiger partial charge on any atom is 0.251 e. The second-order valence-electron chi connectivity index (χ2n) is 5.37. The van der Waals surface area contributed by atoms with E-state index in [1.807, 2.05) is 24.3 Å². The Morgan fingerprint density at radius 1 is 1.37 bits per heavy atom. The maximum absolute atomic E-state index is 12.0. The van der Waals surface area contributed by atoms with Crippen molar-refractivity contribution in [1.82, 2.24) is 5.32 Å². The molecule has 1 atom stereocenters. The smallest absolute Gasteiger partial charge is 0.251 e. The summed E-state index contributed by atoms with van der Waals surface area (Å²) in [5.41, 5.74) is 1.80.